The molecule has 26 heavy (non-hydrogen) atoms. The molecule has 0 saturated carbocycles. The minimum absolute atomic E-state index is 0.0689. The highest BCUT2D eigenvalue weighted by Crippen LogP contribution is 2.36. The van der Waals surface area contributed by atoms with Crippen LogP contribution < -0.4 is 4.74 Å². The smallest absolute Gasteiger partial charge is 0.273 e. The van der Waals surface area contributed by atoms with Crippen LogP contribution >= 0.6 is 24.0 Å². The second-order valence-corrected chi connectivity index (χ2v) is 6.95. The number of rotatable bonds is 5. The van der Waals surface area contributed by atoms with Crippen molar-refractivity contribution >= 4 is 46.0 Å². The maximum atomic E-state index is 12.3. The molecule has 1 aromatic heterocycles. The summed E-state index contributed by atoms with van der Waals surface area (Å²) >= 11 is 6.41. The molecule has 2 aromatic rings. The van der Waals surface area contributed by atoms with Gasteiger partial charge in [-0.1, -0.05) is 24.0 Å². The standard InChI is InChI=1S/C17H14N2O5S2/c1-3-18-16(20)15(26-17(18)25)9-11-5-7-13(24-11)12-6-4-10(19(21)22)8-14(12)23-2/h4-9H,3H2,1-2H3. The van der Waals surface area contributed by atoms with Gasteiger partial charge >= 0.3 is 0 Å². The first-order valence-corrected chi connectivity index (χ1v) is 8.85. The zero-order chi connectivity index (χ0) is 18.8. The second-order valence-electron chi connectivity index (χ2n) is 5.27. The first kappa shape index (κ1) is 18.2. The maximum Gasteiger partial charge on any atom is 0.273 e. The van der Waals surface area contributed by atoms with Gasteiger partial charge in [0.2, 0.25) is 0 Å². The van der Waals surface area contributed by atoms with Crippen molar-refractivity contribution in [1.29, 1.82) is 0 Å². The van der Waals surface area contributed by atoms with Crippen molar-refractivity contribution in [2.45, 2.75) is 6.92 Å². The maximum absolute atomic E-state index is 12.3. The number of thioether (sulfide) groups is 1. The zero-order valence-corrected chi connectivity index (χ0v) is 15.6. The highest BCUT2D eigenvalue weighted by atomic mass is 32.2. The molecule has 1 saturated heterocycles. The summed E-state index contributed by atoms with van der Waals surface area (Å²) in [4.78, 5) is 24.7. The van der Waals surface area contributed by atoms with E-state index in [2.05, 4.69) is 0 Å². The molecule has 0 atom stereocenters. The van der Waals surface area contributed by atoms with E-state index in [-0.39, 0.29) is 11.6 Å². The number of carbonyl (C=O) groups excluding carboxylic acids is 1. The number of likely N-dealkylation sites (N-methyl/N-ethyl adjacent to an activating group) is 1. The van der Waals surface area contributed by atoms with Crippen molar-refractivity contribution in [3.05, 3.63) is 51.1 Å². The average Bonchev–Trinajstić information content (AvgIpc) is 3.19. The summed E-state index contributed by atoms with van der Waals surface area (Å²) in [5.41, 5.74) is 0.513. The molecular formula is C17H14N2O5S2. The van der Waals surface area contributed by atoms with Crippen LogP contribution in [0.3, 0.4) is 0 Å². The lowest BCUT2D eigenvalue weighted by molar-refractivity contribution is -0.384. The fourth-order valence-electron chi connectivity index (χ4n) is 2.47. The van der Waals surface area contributed by atoms with Crippen molar-refractivity contribution < 1.29 is 18.9 Å². The predicted molar refractivity (Wildman–Crippen MR) is 103 cm³/mol. The number of non-ortho nitro benzene ring substituents is 1. The van der Waals surface area contributed by atoms with Crippen LogP contribution in [0.1, 0.15) is 12.7 Å². The van der Waals surface area contributed by atoms with Gasteiger partial charge in [0, 0.05) is 18.7 Å². The Bertz CT molecular complexity index is 935. The Kier molecular flexibility index (Phi) is 5.10. The molecule has 1 aliphatic rings. The molecule has 0 N–H and O–H groups in total. The summed E-state index contributed by atoms with van der Waals surface area (Å²) in [6, 6.07) is 7.72. The fourth-order valence-corrected chi connectivity index (χ4v) is 3.84. The van der Waals surface area contributed by atoms with Gasteiger partial charge in [0.1, 0.15) is 21.6 Å². The first-order chi connectivity index (χ1) is 12.4. The number of nitrogens with zero attached hydrogens (tertiary/aromatic N) is 2. The number of hydrogen-bond acceptors (Lipinski definition) is 7. The monoisotopic (exact) mass is 390 g/mol. The summed E-state index contributed by atoms with van der Waals surface area (Å²) in [7, 11) is 1.43. The highest BCUT2D eigenvalue weighted by Gasteiger charge is 2.30. The topological polar surface area (TPSA) is 85.8 Å². The van der Waals surface area contributed by atoms with E-state index in [4.69, 9.17) is 21.4 Å². The molecule has 2 heterocycles. The van der Waals surface area contributed by atoms with Crippen LogP contribution in [-0.2, 0) is 4.79 Å². The molecule has 134 valence electrons. The molecule has 7 nitrogen and oxygen atoms in total. The van der Waals surface area contributed by atoms with E-state index >= 15 is 0 Å². The fraction of sp³-hybridized carbons (Fsp3) is 0.176. The van der Waals surface area contributed by atoms with Crippen molar-refractivity contribution in [1.82, 2.24) is 4.90 Å². The number of methoxy groups -OCH3 is 1. The van der Waals surface area contributed by atoms with Gasteiger partial charge in [-0.2, -0.15) is 0 Å². The molecule has 0 radical (unpaired) electrons. The van der Waals surface area contributed by atoms with Crippen molar-refractivity contribution in [2.75, 3.05) is 13.7 Å². The van der Waals surface area contributed by atoms with Crippen molar-refractivity contribution in [3.8, 4) is 17.1 Å². The SMILES string of the molecule is CCN1C(=O)C(=Cc2ccc(-c3ccc([N+](=O)[O-])cc3OC)o2)SC1=S. The molecule has 3 rings (SSSR count). The Labute approximate surface area is 158 Å². The van der Waals surface area contributed by atoms with E-state index in [0.29, 0.717) is 38.6 Å². The summed E-state index contributed by atoms with van der Waals surface area (Å²) in [5.74, 6) is 1.15. The van der Waals surface area contributed by atoms with E-state index < -0.39 is 4.92 Å². The number of benzene rings is 1. The minimum Gasteiger partial charge on any atom is -0.496 e. The first-order valence-electron chi connectivity index (χ1n) is 7.62. The number of thiocarbonyl (C=S) groups is 1. The lowest BCUT2D eigenvalue weighted by Gasteiger charge is -2.09. The summed E-state index contributed by atoms with van der Waals surface area (Å²) in [6.45, 7) is 2.38. The third-order valence-corrected chi connectivity index (χ3v) is 5.13. The molecule has 0 unspecified atom stereocenters. The Morgan fingerprint density at radius 3 is 2.77 bits per heavy atom. The summed E-state index contributed by atoms with van der Waals surface area (Å²) in [5, 5.41) is 10.9. The number of carbonyl (C=O) groups is 1. The molecule has 0 aliphatic carbocycles. The number of hydrogen-bond donors (Lipinski definition) is 0. The molecular weight excluding hydrogens is 376 g/mol. The van der Waals surface area contributed by atoms with E-state index in [1.54, 1.807) is 24.3 Å². The van der Waals surface area contributed by atoms with Gasteiger partial charge in [0.25, 0.3) is 11.6 Å². The van der Waals surface area contributed by atoms with Crippen LogP contribution in [0.25, 0.3) is 17.4 Å². The molecule has 1 aliphatic heterocycles. The van der Waals surface area contributed by atoms with Gasteiger partial charge in [-0.3, -0.25) is 19.8 Å². The quantitative estimate of drug-likeness (QED) is 0.329. The Balaban J connectivity index is 1.92. The minimum atomic E-state index is -0.490. The Morgan fingerprint density at radius 2 is 2.15 bits per heavy atom. The number of nitro groups is 1. The number of amides is 1. The van der Waals surface area contributed by atoms with Crippen LogP contribution in [0.2, 0.25) is 0 Å². The van der Waals surface area contributed by atoms with E-state index in [9.17, 15) is 14.9 Å². The Morgan fingerprint density at radius 1 is 1.38 bits per heavy atom. The largest absolute Gasteiger partial charge is 0.496 e. The van der Waals surface area contributed by atoms with Gasteiger partial charge < -0.3 is 9.15 Å². The molecule has 9 heteroatoms. The molecule has 0 spiro atoms. The molecule has 1 fully saturated rings. The van der Waals surface area contributed by atoms with Crippen LogP contribution in [-0.4, -0.2) is 33.7 Å². The van der Waals surface area contributed by atoms with Crippen LogP contribution in [0.5, 0.6) is 5.75 Å². The van der Waals surface area contributed by atoms with E-state index in [0.717, 1.165) is 0 Å². The van der Waals surface area contributed by atoms with Crippen LogP contribution in [0.4, 0.5) is 5.69 Å². The third kappa shape index (κ3) is 3.35. The average molecular weight is 390 g/mol. The van der Waals surface area contributed by atoms with Crippen molar-refractivity contribution in [2.24, 2.45) is 0 Å². The van der Waals surface area contributed by atoms with Crippen molar-refractivity contribution in [3.63, 3.8) is 0 Å². The molecule has 1 amide bonds. The zero-order valence-electron chi connectivity index (χ0n) is 13.9. The van der Waals surface area contributed by atoms with Gasteiger partial charge in [0.15, 0.2) is 0 Å². The third-order valence-electron chi connectivity index (χ3n) is 3.75. The second kappa shape index (κ2) is 7.30. The molecule has 0 bridgehead atoms. The number of nitro benzene ring substituents is 1. The van der Waals surface area contributed by atoms with Gasteiger partial charge in [0.05, 0.1) is 28.6 Å². The van der Waals surface area contributed by atoms with E-state index in [1.165, 1.54) is 35.9 Å². The number of ether oxygens (including phenoxy) is 1. The summed E-state index contributed by atoms with van der Waals surface area (Å²) in [6.07, 6.45) is 1.64. The van der Waals surface area contributed by atoms with Gasteiger partial charge in [-0.25, -0.2) is 0 Å². The van der Waals surface area contributed by atoms with Crippen LogP contribution in [0.15, 0.2) is 39.7 Å². The van der Waals surface area contributed by atoms with Crippen LogP contribution in [0, 0.1) is 10.1 Å². The van der Waals surface area contributed by atoms with E-state index in [1.807, 2.05) is 6.92 Å². The lowest BCUT2D eigenvalue weighted by Crippen LogP contribution is -2.27. The lowest BCUT2D eigenvalue weighted by atomic mass is 10.1. The Hall–Kier alpha value is -2.65. The normalized spacial score (nSPS) is 15.8. The van der Waals surface area contributed by atoms with Gasteiger partial charge in [-0.15, -0.1) is 0 Å². The van der Waals surface area contributed by atoms with Gasteiger partial charge in [-0.05, 0) is 25.1 Å². The highest BCUT2D eigenvalue weighted by molar-refractivity contribution is 8.26. The number of furan rings is 1. The summed E-state index contributed by atoms with van der Waals surface area (Å²) < 4.78 is 11.5. The molecule has 1 aromatic carbocycles. The predicted octanol–water partition coefficient (Wildman–Crippen LogP) is 4.08.